The van der Waals surface area contributed by atoms with Crippen LogP contribution in [0.4, 0.5) is 0 Å². The first-order valence-corrected chi connectivity index (χ1v) is 3.27. The molecule has 0 amide bonds. The number of ether oxygens (including phenoxy) is 1. The fraction of sp³-hybridized carbons (Fsp3) is 0. The van der Waals surface area contributed by atoms with Gasteiger partial charge in [-0.2, -0.15) is 0 Å². The first kappa shape index (κ1) is 5.11. The molecule has 0 unspecified atom stereocenters. The van der Waals surface area contributed by atoms with Crippen LogP contribution in [0.1, 0.15) is 0 Å². The van der Waals surface area contributed by atoms with Gasteiger partial charge in [0.15, 0.2) is 11.5 Å². The highest BCUT2D eigenvalue weighted by atomic mass is 79.9. The molecular formula is C6H3BrO2. The van der Waals surface area contributed by atoms with Crippen LogP contribution in [0.2, 0.25) is 0 Å². The predicted octanol–water partition coefficient (Wildman–Crippen LogP) is 2.26. The predicted molar refractivity (Wildman–Crippen MR) is 35.9 cm³/mol. The lowest BCUT2D eigenvalue weighted by atomic mass is 10.3. The Hall–Kier alpha value is -0.700. The zero-order valence-corrected chi connectivity index (χ0v) is 5.97. The third-order valence-electron chi connectivity index (χ3n) is 1.21. The highest BCUT2D eigenvalue weighted by Gasteiger charge is 2.25. The quantitative estimate of drug-likeness (QED) is 0.641. The van der Waals surface area contributed by atoms with Crippen molar-refractivity contribution in [2.75, 3.05) is 0 Å². The summed E-state index contributed by atoms with van der Waals surface area (Å²) in [7, 11) is 0. The normalized spacial score (nSPS) is 12.1. The molecule has 0 radical (unpaired) electrons. The summed E-state index contributed by atoms with van der Waals surface area (Å²) in [6.07, 6.45) is 0. The highest BCUT2D eigenvalue weighted by molar-refractivity contribution is 9.10. The molecule has 3 heteroatoms. The van der Waals surface area contributed by atoms with Crippen molar-refractivity contribution in [1.82, 2.24) is 0 Å². The van der Waals surface area contributed by atoms with Crippen LogP contribution >= 0.6 is 15.9 Å². The third-order valence-corrected chi connectivity index (χ3v) is 1.98. The second kappa shape index (κ2) is 1.42. The van der Waals surface area contributed by atoms with Crippen LogP contribution in [-0.4, -0.2) is 5.11 Å². The molecule has 0 bridgehead atoms. The van der Waals surface area contributed by atoms with Gasteiger partial charge in [0.25, 0.3) is 0 Å². The fourth-order valence-corrected chi connectivity index (χ4v) is 1.10. The van der Waals surface area contributed by atoms with Crippen molar-refractivity contribution in [3.63, 3.8) is 0 Å². The minimum atomic E-state index is 0.228. The lowest BCUT2D eigenvalue weighted by molar-refractivity contribution is 0.471. The summed E-state index contributed by atoms with van der Waals surface area (Å²) in [4.78, 5) is 0. The van der Waals surface area contributed by atoms with E-state index in [1.54, 1.807) is 12.1 Å². The molecule has 0 fully saturated rings. The van der Waals surface area contributed by atoms with Crippen LogP contribution in [0.15, 0.2) is 16.6 Å². The van der Waals surface area contributed by atoms with Gasteiger partial charge in [0, 0.05) is 0 Å². The van der Waals surface area contributed by atoms with E-state index in [1.807, 2.05) is 0 Å². The minimum absolute atomic E-state index is 0.228. The molecule has 1 N–H and O–H groups in total. The summed E-state index contributed by atoms with van der Waals surface area (Å²) < 4.78 is 5.60. The number of fused-ring (bicyclic) bond motifs is 1. The van der Waals surface area contributed by atoms with E-state index in [0.29, 0.717) is 4.47 Å². The molecule has 9 heavy (non-hydrogen) atoms. The third kappa shape index (κ3) is 0.612. The van der Waals surface area contributed by atoms with E-state index in [1.165, 1.54) is 0 Å². The maximum atomic E-state index is 9.01. The Kier molecular flexibility index (Phi) is 0.805. The molecule has 0 aliphatic carbocycles. The molecule has 46 valence electrons. The van der Waals surface area contributed by atoms with Crippen molar-refractivity contribution in [2.24, 2.45) is 0 Å². The molecule has 1 aromatic rings. The first-order valence-electron chi connectivity index (χ1n) is 2.48. The van der Waals surface area contributed by atoms with Crippen LogP contribution in [0, 0.1) is 0 Å². The number of halogens is 1. The molecule has 1 aromatic carbocycles. The average Bonchev–Trinajstić information content (AvgIpc) is 2.58. The monoisotopic (exact) mass is 186 g/mol. The van der Waals surface area contributed by atoms with E-state index in [2.05, 4.69) is 15.9 Å². The van der Waals surface area contributed by atoms with Gasteiger partial charge in [-0.25, -0.2) is 0 Å². The molecule has 0 saturated heterocycles. The lowest BCUT2D eigenvalue weighted by Gasteiger charge is -1.86. The van der Waals surface area contributed by atoms with Crippen LogP contribution < -0.4 is 4.74 Å². The molecule has 0 spiro atoms. The first-order chi connectivity index (χ1) is 4.29. The van der Waals surface area contributed by atoms with Crippen molar-refractivity contribution < 1.29 is 9.84 Å². The second-order valence-electron chi connectivity index (χ2n) is 1.83. The average molecular weight is 187 g/mol. The Morgan fingerprint density at radius 1 is 1.44 bits per heavy atom. The van der Waals surface area contributed by atoms with E-state index in [0.717, 1.165) is 11.5 Å². The van der Waals surface area contributed by atoms with Crippen molar-refractivity contribution in [3.05, 3.63) is 16.6 Å². The van der Waals surface area contributed by atoms with Gasteiger partial charge in [-0.15, -0.1) is 0 Å². The lowest BCUT2D eigenvalue weighted by Crippen LogP contribution is -1.58. The largest absolute Gasteiger partial charge is 0.507 e. The van der Waals surface area contributed by atoms with Gasteiger partial charge >= 0.3 is 0 Å². The number of aromatic hydroxyl groups is 1. The van der Waals surface area contributed by atoms with Gasteiger partial charge in [-0.3, -0.25) is 0 Å². The second-order valence-corrected chi connectivity index (χ2v) is 2.62. The van der Waals surface area contributed by atoms with Gasteiger partial charge in [-0.05, 0) is 28.1 Å². The van der Waals surface area contributed by atoms with Gasteiger partial charge in [-0.1, -0.05) is 0 Å². The van der Waals surface area contributed by atoms with Crippen LogP contribution in [-0.2, 0) is 0 Å². The zero-order chi connectivity index (χ0) is 6.43. The number of hydrogen-bond acceptors (Lipinski definition) is 2. The van der Waals surface area contributed by atoms with Crippen LogP contribution in [0.3, 0.4) is 0 Å². The van der Waals surface area contributed by atoms with E-state index >= 15 is 0 Å². The van der Waals surface area contributed by atoms with Crippen molar-refractivity contribution in [1.29, 1.82) is 0 Å². The Labute approximate surface area is 60.2 Å². The maximum absolute atomic E-state index is 9.01. The number of rotatable bonds is 0. The van der Waals surface area contributed by atoms with Crippen LogP contribution in [0.25, 0.3) is 0 Å². The minimum Gasteiger partial charge on any atom is -0.507 e. The Morgan fingerprint density at radius 3 is 2.89 bits per heavy atom. The van der Waals surface area contributed by atoms with Gasteiger partial charge < -0.3 is 9.84 Å². The van der Waals surface area contributed by atoms with E-state index < -0.39 is 0 Å². The SMILES string of the molecule is Oc1ccc2c(c1Br)O2. The maximum Gasteiger partial charge on any atom is 0.188 e. The Morgan fingerprint density at radius 2 is 2.22 bits per heavy atom. The van der Waals surface area contributed by atoms with E-state index in [9.17, 15) is 0 Å². The number of benzene rings is 1. The van der Waals surface area contributed by atoms with E-state index in [-0.39, 0.29) is 5.75 Å². The molecule has 2 rings (SSSR count). The molecule has 1 heterocycles. The van der Waals surface area contributed by atoms with Crippen molar-refractivity contribution >= 4 is 15.9 Å². The molecule has 0 saturated carbocycles. The summed E-state index contributed by atoms with van der Waals surface area (Å²) >= 11 is 3.16. The van der Waals surface area contributed by atoms with Gasteiger partial charge in [0.1, 0.15) is 10.2 Å². The summed E-state index contributed by atoms with van der Waals surface area (Å²) in [5.74, 6) is 1.83. The Balaban J connectivity index is 2.70. The van der Waals surface area contributed by atoms with Crippen LogP contribution in [0.5, 0.6) is 17.2 Å². The number of phenolic OH excluding ortho intramolecular Hbond substituents is 1. The van der Waals surface area contributed by atoms with Crippen molar-refractivity contribution in [2.45, 2.75) is 0 Å². The molecule has 1 aliphatic heterocycles. The molecule has 1 aliphatic rings. The van der Waals surface area contributed by atoms with Crippen molar-refractivity contribution in [3.8, 4) is 17.2 Å². The smallest absolute Gasteiger partial charge is 0.188 e. The highest BCUT2D eigenvalue weighted by Crippen LogP contribution is 2.53. The van der Waals surface area contributed by atoms with E-state index in [4.69, 9.17) is 9.84 Å². The zero-order valence-electron chi connectivity index (χ0n) is 4.39. The van der Waals surface area contributed by atoms with Gasteiger partial charge in [0.2, 0.25) is 0 Å². The number of phenols is 1. The van der Waals surface area contributed by atoms with Gasteiger partial charge in [0.05, 0.1) is 0 Å². The standard InChI is InChI=1S/C6H3BrO2/c7-5-3(8)1-2-4-6(5)9-4/h1-2,8H. The summed E-state index contributed by atoms with van der Waals surface area (Å²) in [5.41, 5.74) is 0. The fourth-order valence-electron chi connectivity index (χ4n) is 0.691. The summed E-state index contributed by atoms with van der Waals surface area (Å²) in [5, 5.41) is 9.01. The molecule has 2 nitrogen and oxygen atoms in total. The molecule has 0 atom stereocenters. The Bertz CT molecular complexity index is 266. The molecular weight excluding hydrogens is 184 g/mol. The molecule has 0 aromatic heterocycles. The number of hydrogen-bond donors (Lipinski definition) is 1. The summed E-state index contributed by atoms with van der Waals surface area (Å²) in [6, 6.07) is 3.32. The summed E-state index contributed by atoms with van der Waals surface area (Å²) in [6.45, 7) is 0. The topological polar surface area (TPSA) is 32.8 Å².